The minimum absolute atomic E-state index is 0.107. The molecule has 0 bridgehead atoms. The highest BCUT2D eigenvalue weighted by molar-refractivity contribution is 5.98. The van der Waals surface area contributed by atoms with Gasteiger partial charge >= 0.3 is 0 Å². The minimum atomic E-state index is -1.14. The third-order valence-electron chi connectivity index (χ3n) is 2.98. The fraction of sp³-hybridized carbons (Fsp3) is 0.333. The average molecular weight is 265 g/mol. The molecule has 0 radical (unpaired) electrons. The first-order valence-corrected chi connectivity index (χ1v) is 5.67. The summed E-state index contributed by atoms with van der Waals surface area (Å²) in [5.74, 6) is -1.14. The molecule has 0 saturated heterocycles. The summed E-state index contributed by atoms with van der Waals surface area (Å²) in [6, 6.07) is 5.10. The molecule has 3 N–H and O–H groups in total. The molecule has 0 aromatic heterocycles. The summed E-state index contributed by atoms with van der Waals surface area (Å²) in [5.41, 5.74) is 4.21. The SMILES string of the molecule is CCC(C)(NC(=O)c1ccc([N+](=O)[O-])cc1)C(N)=O. The second-order valence-corrected chi connectivity index (χ2v) is 4.31. The van der Waals surface area contributed by atoms with Gasteiger partial charge in [0.05, 0.1) is 4.92 Å². The van der Waals surface area contributed by atoms with E-state index in [1.165, 1.54) is 31.2 Å². The third-order valence-corrected chi connectivity index (χ3v) is 2.98. The molecule has 0 fully saturated rings. The highest BCUT2D eigenvalue weighted by Gasteiger charge is 2.31. The number of hydrogen-bond donors (Lipinski definition) is 2. The van der Waals surface area contributed by atoms with Gasteiger partial charge in [-0.3, -0.25) is 19.7 Å². The number of primary amides is 1. The first-order valence-electron chi connectivity index (χ1n) is 5.67. The number of nitrogens with one attached hydrogen (secondary N) is 1. The van der Waals surface area contributed by atoms with E-state index in [4.69, 9.17) is 5.73 Å². The molecule has 102 valence electrons. The van der Waals surface area contributed by atoms with E-state index in [9.17, 15) is 19.7 Å². The average Bonchev–Trinajstić information content (AvgIpc) is 2.38. The molecule has 1 atom stereocenters. The number of nitrogens with two attached hydrogens (primary N) is 1. The van der Waals surface area contributed by atoms with Crippen LogP contribution >= 0.6 is 0 Å². The fourth-order valence-corrected chi connectivity index (χ4v) is 1.38. The quantitative estimate of drug-likeness (QED) is 0.609. The Morgan fingerprint density at radius 3 is 2.26 bits per heavy atom. The van der Waals surface area contributed by atoms with Gasteiger partial charge in [-0.2, -0.15) is 0 Å². The summed E-state index contributed by atoms with van der Waals surface area (Å²) in [5, 5.41) is 13.0. The molecule has 1 unspecified atom stereocenters. The molecule has 0 saturated carbocycles. The first-order chi connectivity index (χ1) is 8.80. The number of benzene rings is 1. The van der Waals surface area contributed by atoms with Gasteiger partial charge in [0.2, 0.25) is 5.91 Å². The number of amides is 2. The van der Waals surface area contributed by atoms with E-state index in [2.05, 4.69) is 5.32 Å². The fourth-order valence-electron chi connectivity index (χ4n) is 1.38. The van der Waals surface area contributed by atoms with Crippen LogP contribution in [0.3, 0.4) is 0 Å². The molecule has 0 aliphatic rings. The Hall–Kier alpha value is -2.44. The van der Waals surface area contributed by atoms with Crippen LogP contribution in [0.4, 0.5) is 5.69 Å². The van der Waals surface area contributed by atoms with Crippen molar-refractivity contribution in [3.63, 3.8) is 0 Å². The van der Waals surface area contributed by atoms with Crippen molar-refractivity contribution in [1.82, 2.24) is 5.32 Å². The monoisotopic (exact) mass is 265 g/mol. The van der Waals surface area contributed by atoms with E-state index >= 15 is 0 Å². The molecule has 0 aliphatic carbocycles. The second kappa shape index (κ2) is 5.47. The van der Waals surface area contributed by atoms with E-state index < -0.39 is 22.3 Å². The topological polar surface area (TPSA) is 115 Å². The number of hydrogen-bond acceptors (Lipinski definition) is 4. The Labute approximate surface area is 109 Å². The maximum absolute atomic E-state index is 11.9. The standard InChI is InChI=1S/C12H15N3O4/c1-3-12(2,11(13)17)14-10(16)8-4-6-9(7-5-8)15(18)19/h4-7H,3H2,1-2H3,(H2,13,17)(H,14,16). The smallest absolute Gasteiger partial charge is 0.269 e. The molecule has 19 heavy (non-hydrogen) atoms. The highest BCUT2D eigenvalue weighted by Crippen LogP contribution is 2.14. The molecule has 7 nitrogen and oxygen atoms in total. The van der Waals surface area contributed by atoms with Crippen LogP contribution in [0.5, 0.6) is 0 Å². The van der Waals surface area contributed by atoms with Gasteiger partial charge in [0, 0.05) is 17.7 Å². The number of nitro groups is 1. The molecule has 1 rings (SSSR count). The predicted molar refractivity (Wildman–Crippen MR) is 68.5 cm³/mol. The number of non-ortho nitro benzene ring substituents is 1. The van der Waals surface area contributed by atoms with Crippen LogP contribution in [-0.2, 0) is 4.79 Å². The van der Waals surface area contributed by atoms with Crippen molar-refractivity contribution in [2.45, 2.75) is 25.8 Å². The van der Waals surface area contributed by atoms with E-state index in [1.807, 2.05) is 0 Å². The van der Waals surface area contributed by atoms with Crippen molar-refractivity contribution in [2.75, 3.05) is 0 Å². The Bertz CT molecular complexity index is 512. The first kappa shape index (κ1) is 14.6. The zero-order valence-electron chi connectivity index (χ0n) is 10.7. The summed E-state index contributed by atoms with van der Waals surface area (Å²) in [6.45, 7) is 3.25. The van der Waals surface area contributed by atoms with E-state index in [0.717, 1.165) is 0 Å². The van der Waals surface area contributed by atoms with Crippen LogP contribution in [-0.4, -0.2) is 22.3 Å². The molecule has 1 aromatic rings. The van der Waals surface area contributed by atoms with Gasteiger partial charge in [0.25, 0.3) is 11.6 Å². The lowest BCUT2D eigenvalue weighted by molar-refractivity contribution is -0.384. The van der Waals surface area contributed by atoms with E-state index in [1.54, 1.807) is 6.92 Å². The van der Waals surface area contributed by atoms with E-state index in [-0.39, 0.29) is 11.3 Å². The minimum Gasteiger partial charge on any atom is -0.368 e. The predicted octanol–water partition coefficient (Wildman–Crippen LogP) is 0.979. The molecule has 0 heterocycles. The van der Waals surface area contributed by atoms with Crippen molar-refractivity contribution in [3.05, 3.63) is 39.9 Å². The van der Waals surface area contributed by atoms with Gasteiger partial charge in [-0.1, -0.05) is 6.92 Å². The Morgan fingerprint density at radius 2 is 1.89 bits per heavy atom. The van der Waals surface area contributed by atoms with Crippen LogP contribution in [0.25, 0.3) is 0 Å². The van der Waals surface area contributed by atoms with Gasteiger partial charge in [-0.15, -0.1) is 0 Å². The largest absolute Gasteiger partial charge is 0.368 e. The Kier molecular flexibility index (Phi) is 4.21. The van der Waals surface area contributed by atoms with Gasteiger partial charge in [0.1, 0.15) is 5.54 Å². The lowest BCUT2D eigenvalue weighted by Gasteiger charge is -2.25. The van der Waals surface area contributed by atoms with Crippen molar-refractivity contribution in [2.24, 2.45) is 5.73 Å². The van der Waals surface area contributed by atoms with Gasteiger partial charge in [-0.05, 0) is 25.5 Å². The summed E-state index contributed by atoms with van der Waals surface area (Å²) < 4.78 is 0. The molecular weight excluding hydrogens is 250 g/mol. The zero-order valence-corrected chi connectivity index (χ0v) is 10.7. The second-order valence-electron chi connectivity index (χ2n) is 4.31. The van der Waals surface area contributed by atoms with Gasteiger partial charge in [-0.25, -0.2) is 0 Å². The molecule has 7 heteroatoms. The molecule has 2 amide bonds. The maximum atomic E-state index is 11.9. The summed E-state index contributed by atoms with van der Waals surface area (Å²) in [7, 11) is 0. The lowest BCUT2D eigenvalue weighted by atomic mass is 9.97. The summed E-state index contributed by atoms with van der Waals surface area (Å²) in [6.07, 6.45) is 0.348. The third kappa shape index (κ3) is 3.27. The van der Waals surface area contributed by atoms with Crippen LogP contribution < -0.4 is 11.1 Å². The van der Waals surface area contributed by atoms with Crippen molar-refractivity contribution in [1.29, 1.82) is 0 Å². The Balaban J connectivity index is 2.89. The number of nitro benzene ring substituents is 1. The van der Waals surface area contributed by atoms with Crippen molar-refractivity contribution in [3.8, 4) is 0 Å². The lowest BCUT2D eigenvalue weighted by Crippen LogP contribution is -2.54. The zero-order chi connectivity index (χ0) is 14.6. The molecule has 1 aromatic carbocycles. The normalized spacial score (nSPS) is 13.4. The molecule has 0 aliphatic heterocycles. The van der Waals surface area contributed by atoms with Gasteiger partial charge in [0.15, 0.2) is 0 Å². The number of carbonyl (C=O) groups is 2. The van der Waals surface area contributed by atoms with Crippen LogP contribution in [0, 0.1) is 10.1 Å². The Morgan fingerprint density at radius 1 is 1.37 bits per heavy atom. The molecular formula is C12H15N3O4. The highest BCUT2D eigenvalue weighted by atomic mass is 16.6. The summed E-state index contributed by atoms with van der Waals surface area (Å²) >= 11 is 0. The van der Waals surface area contributed by atoms with E-state index in [0.29, 0.717) is 6.42 Å². The summed E-state index contributed by atoms with van der Waals surface area (Å²) in [4.78, 5) is 33.1. The van der Waals surface area contributed by atoms with Crippen LogP contribution in [0.15, 0.2) is 24.3 Å². The number of carbonyl (C=O) groups excluding carboxylic acids is 2. The number of nitrogens with zero attached hydrogens (tertiary/aromatic N) is 1. The maximum Gasteiger partial charge on any atom is 0.269 e. The van der Waals surface area contributed by atoms with Crippen molar-refractivity contribution >= 4 is 17.5 Å². The number of rotatable bonds is 5. The molecule has 0 spiro atoms. The van der Waals surface area contributed by atoms with Crippen LogP contribution in [0.1, 0.15) is 30.6 Å². The van der Waals surface area contributed by atoms with Crippen LogP contribution in [0.2, 0.25) is 0 Å². The van der Waals surface area contributed by atoms with Crippen molar-refractivity contribution < 1.29 is 14.5 Å². The van der Waals surface area contributed by atoms with Gasteiger partial charge < -0.3 is 11.1 Å².